The van der Waals surface area contributed by atoms with Crippen LogP contribution in [0.25, 0.3) is 0 Å². The number of hydrogen-bond donors (Lipinski definition) is 2. The Balaban J connectivity index is 1.51. The Morgan fingerprint density at radius 3 is 2.53 bits per heavy atom. The van der Waals surface area contributed by atoms with E-state index in [1.165, 1.54) is 11.3 Å². The van der Waals surface area contributed by atoms with Crippen LogP contribution < -0.4 is 15.6 Å². The standard InChI is InChI=1S/C22H25N5O4S/c1-14(2)31-17-5-3-16(4-6-17)22(30)27-11-8-15(9-12-27)21-24-18(13-32-21)20(29)26-25-19(28)7-10-23/h3-6,13-15H,7-9,11-12H2,1-2H3,(H,25,28)(H,26,29). The third-order valence-electron chi connectivity index (χ3n) is 4.91. The molecule has 3 amide bonds. The van der Waals surface area contributed by atoms with Gasteiger partial charge in [-0.05, 0) is 51.0 Å². The summed E-state index contributed by atoms with van der Waals surface area (Å²) in [7, 11) is 0. The first-order valence-corrected chi connectivity index (χ1v) is 11.2. The maximum atomic E-state index is 12.8. The van der Waals surface area contributed by atoms with E-state index in [1.54, 1.807) is 23.6 Å². The molecule has 0 unspecified atom stereocenters. The fourth-order valence-electron chi connectivity index (χ4n) is 3.35. The first-order chi connectivity index (χ1) is 15.4. The van der Waals surface area contributed by atoms with Crippen molar-refractivity contribution in [3.8, 4) is 11.8 Å². The number of piperidine rings is 1. The van der Waals surface area contributed by atoms with E-state index in [9.17, 15) is 14.4 Å². The van der Waals surface area contributed by atoms with E-state index in [4.69, 9.17) is 10.00 Å². The van der Waals surface area contributed by atoms with Crippen LogP contribution in [-0.2, 0) is 4.79 Å². The second-order valence-electron chi connectivity index (χ2n) is 7.67. The Morgan fingerprint density at radius 2 is 1.91 bits per heavy atom. The highest BCUT2D eigenvalue weighted by molar-refractivity contribution is 7.09. The summed E-state index contributed by atoms with van der Waals surface area (Å²) in [5, 5.41) is 10.9. The van der Waals surface area contributed by atoms with Gasteiger partial charge in [-0.1, -0.05) is 0 Å². The monoisotopic (exact) mass is 455 g/mol. The molecule has 1 aliphatic rings. The molecule has 9 nitrogen and oxygen atoms in total. The minimum absolute atomic E-state index is 0.00753. The molecule has 0 radical (unpaired) electrons. The molecule has 1 saturated heterocycles. The van der Waals surface area contributed by atoms with Crippen LogP contribution in [0, 0.1) is 11.3 Å². The summed E-state index contributed by atoms with van der Waals surface area (Å²) < 4.78 is 5.62. The molecule has 0 bridgehead atoms. The zero-order valence-corrected chi connectivity index (χ0v) is 18.8. The van der Waals surface area contributed by atoms with Crippen molar-refractivity contribution in [1.82, 2.24) is 20.7 Å². The van der Waals surface area contributed by atoms with Crippen molar-refractivity contribution < 1.29 is 19.1 Å². The summed E-state index contributed by atoms with van der Waals surface area (Å²) in [6.45, 7) is 5.13. The van der Waals surface area contributed by atoms with E-state index in [0.29, 0.717) is 18.7 Å². The zero-order chi connectivity index (χ0) is 23.1. The molecule has 2 N–H and O–H groups in total. The van der Waals surface area contributed by atoms with Crippen molar-refractivity contribution in [1.29, 1.82) is 5.26 Å². The number of nitriles is 1. The number of aromatic nitrogens is 1. The number of ether oxygens (including phenoxy) is 1. The molecule has 1 fully saturated rings. The second-order valence-corrected chi connectivity index (χ2v) is 8.56. The van der Waals surface area contributed by atoms with Gasteiger partial charge in [-0.3, -0.25) is 25.2 Å². The van der Waals surface area contributed by atoms with Crippen LogP contribution >= 0.6 is 11.3 Å². The normalized spacial score (nSPS) is 14.0. The van der Waals surface area contributed by atoms with Gasteiger partial charge in [0.05, 0.1) is 17.2 Å². The summed E-state index contributed by atoms with van der Waals surface area (Å²) in [4.78, 5) is 42.4. The lowest BCUT2D eigenvalue weighted by molar-refractivity contribution is -0.120. The molecule has 2 heterocycles. The van der Waals surface area contributed by atoms with Crippen molar-refractivity contribution in [2.45, 2.75) is 45.1 Å². The van der Waals surface area contributed by atoms with E-state index in [2.05, 4.69) is 15.8 Å². The summed E-state index contributed by atoms with van der Waals surface area (Å²) in [5.74, 6) is -0.220. The number of likely N-dealkylation sites (tertiary alicyclic amines) is 1. The number of thiazole rings is 1. The molecule has 3 rings (SSSR count). The predicted molar refractivity (Wildman–Crippen MR) is 118 cm³/mol. The smallest absolute Gasteiger partial charge is 0.289 e. The van der Waals surface area contributed by atoms with Crippen molar-refractivity contribution >= 4 is 29.1 Å². The molecule has 0 aliphatic carbocycles. The molecular weight excluding hydrogens is 430 g/mol. The number of nitrogens with zero attached hydrogens (tertiary/aromatic N) is 3. The highest BCUT2D eigenvalue weighted by Gasteiger charge is 2.27. The van der Waals surface area contributed by atoms with Gasteiger partial charge >= 0.3 is 0 Å². The van der Waals surface area contributed by atoms with E-state index in [1.807, 2.05) is 30.9 Å². The quantitative estimate of drug-likeness (QED) is 0.645. The average molecular weight is 456 g/mol. The first kappa shape index (κ1) is 23.2. The average Bonchev–Trinajstić information content (AvgIpc) is 3.28. The van der Waals surface area contributed by atoms with Crippen molar-refractivity contribution in [3.63, 3.8) is 0 Å². The zero-order valence-electron chi connectivity index (χ0n) is 18.0. The van der Waals surface area contributed by atoms with Gasteiger partial charge in [0.2, 0.25) is 0 Å². The molecule has 168 valence electrons. The highest BCUT2D eigenvalue weighted by Crippen LogP contribution is 2.31. The predicted octanol–water partition coefficient (Wildman–Crippen LogP) is 2.62. The number of rotatable bonds is 6. The van der Waals surface area contributed by atoms with Crippen molar-refractivity contribution in [2.24, 2.45) is 0 Å². The maximum absolute atomic E-state index is 12.8. The lowest BCUT2D eigenvalue weighted by Gasteiger charge is -2.31. The molecule has 1 aromatic carbocycles. The van der Waals surface area contributed by atoms with Crippen LogP contribution in [0.3, 0.4) is 0 Å². The number of hydrazine groups is 1. The third kappa shape index (κ3) is 6.04. The van der Waals surface area contributed by atoms with Crippen molar-refractivity contribution in [2.75, 3.05) is 13.1 Å². The lowest BCUT2D eigenvalue weighted by Crippen LogP contribution is -2.41. The van der Waals surface area contributed by atoms with Gasteiger partial charge < -0.3 is 9.64 Å². The number of amides is 3. The summed E-state index contributed by atoms with van der Waals surface area (Å²) in [6, 6.07) is 8.89. The van der Waals surface area contributed by atoms with Gasteiger partial charge in [-0.25, -0.2) is 4.98 Å². The van der Waals surface area contributed by atoms with Crippen molar-refractivity contribution in [3.05, 3.63) is 45.9 Å². The second kappa shape index (κ2) is 10.7. The Labute approximate surface area is 190 Å². The highest BCUT2D eigenvalue weighted by atomic mass is 32.1. The summed E-state index contributed by atoms with van der Waals surface area (Å²) in [6.07, 6.45) is 1.26. The van der Waals surface area contributed by atoms with Gasteiger partial charge in [0.1, 0.15) is 17.9 Å². The molecule has 0 saturated carbocycles. The van der Waals surface area contributed by atoms with Crippen LogP contribution in [0.4, 0.5) is 0 Å². The van der Waals surface area contributed by atoms with Gasteiger partial charge in [0, 0.05) is 30.0 Å². The van der Waals surface area contributed by atoms with E-state index >= 15 is 0 Å². The van der Waals surface area contributed by atoms with Gasteiger partial charge in [-0.15, -0.1) is 11.3 Å². The topological polar surface area (TPSA) is 124 Å². The van der Waals surface area contributed by atoms with Gasteiger partial charge in [-0.2, -0.15) is 5.26 Å². The number of nitrogens with one attached hydrogen (secondary N) is 2. The fourth-order valence-corrected chi connectivity index (χ4v) is 4.32. The minimum atomic E-state index is -0.588. The van der Waals surface area contributed by atoms with Gasteiger partial charge in [0.15, 0.2) is 0 Å². The van der Waals surface area contributed by atoms with E-state index in [0.717, 1.165) is 23.6 Å². The van der Waals surface area contributed by atoms with E-state index < -0.39 is 11.8 Å². The maximum Gasteiger partial charge on any atom is 0.289 e. The number of carbonyl (C=O) groups excluding carboxylic acids is 3. The summed E-state index contributed by atoms with van der Waals surface area (Å²) >= 11 is 1.39. The molecular formula is C22H25N5O4S. The largest absolute Gasteiger partial charge is 0.491 e. The SMILES string of the molecule is CC(C)Oc1ccc(C(=O)N2CCC(c3nc(C(=O)NNC(=O)CC#N)cs3)CC2)cc1. The third-order valence-corrected chi connectivity index (χ3v) is 5.92. The van der Waals surface area contributed by atoms with Crippen LogP contribution in [0.15, 0.2) is 29.6 Å². The molecule has 2 aromatic rings. The Bertz CT molecular complexity index is 1000. The Kier molecular flexibility index (Phi) is 7.78. The molecule has 10 heteroatoms. The minimum Gasteiger partial charge on any atom is -0.491 e. The number of hydrogen-bond acceptors (Lipinski definition) is 7. The molecule has 1 aliphatic heterocycles. The summed E-state index contributed by atoms with van der Waals surface area (Å²) in [5.41, 5.74) is 5.26. The van der Waals surface area contributed by atoms with Crippen LogP contribution in [-0.4, -0.2) is 46.8 Å². The van der Waals surface area contributed by atoms with Crippen LogP contribution in [0.2, 0.25) is 0 Å². The Morgan fingerprint density at radius 1 is 1.22 bits per heavy atom. The van der Waals surface area contributed by atoms with Crippen LogP contribution in [0.5, 0.6) is 5.75 Å². The lowest BCUT2D eigenvalue weighted by atomic mass is 9.97. The molecule has 1 aromatic heterocycles. The fraction of sp³-hybridized carbons (Fsp3) is 0.409. The molecule has 32 heavy (non-hydrogen) atoms. The van der Waals surface area contributed by atoms with Gasteiger partial charge in [0.25, 0.3) is 17.7 Å². The van der Waals surface area contributed by atoms with Crippen LogP contribution in [0.1, 0.15) is 64.9 Å². The Hall–Kier alpha value is -3.45. The van der Waals surface area contributed by atoms with E-state index in [-0.39, 0.29) is 30.0 Å². The number of benzene rings is 1. The number of carbonyl (C=O) groups is 3. The first-order valence-electron chi connectivity index (χ1n) is 10.3. The molecule has 0 atom stereocenters. The molecule has 0 spiro atoms.